The lowest BCUT2D eigenvalue weighted by Crippen LogP contribution is -2.06. The maximum atomic E-state index is 9.68. The highest BCUT2D eigenvalue weighted by atomic mass is 32.2. The Morgan fingerprint density at radius 2 is 2.00 bits per heavy atom. The first-order chi connectivity index (χ1) is 10.2. The van der Waals surface area contributed by atoms with E-state index >= 15 is 0 Å². The Kier molecular flexibility index (Phi) is 3.90. The number of nitrogens with zero attached hydrogens (tertiary/aromatic N) is 1. The third-order valence-corrected chi connectivity index (χ3v) is 4.53. The number of aromatic hydroxyl groups is 1. The number of benzene rings is 2. The van der Waals surface area contributed by atoms with E-state index in [1.165, 1.54) is 16.0 Å². The van der Waals surface area contributed by atoms with Gasteiger partial charge in [-0.15, -0.1) is 0 Å². The lowest BCUT2D eigenvalue weighted by Gasteiger charge is -2.11. The first kappa shape index (κ1) is 14.0. The van der Waals surface area contributed by atoms with Crippen LogP contribution >= 0.6 is 11.9 Å². The zero-order valence-corrected chi connectivity index (χ0v) is 12.9. The molecular formula is C17H18N2OS. The third-order valence-electron chi connectivity index (χ3n) is 3.42. The molecule has 0 unspecified atom stereocenters. The fourth-order valence-corrected chi connectivity index (χ4v) is 3.37. The molecule has 4 heteroatoms. The summed E-state index contributed by atoms with van der Waals surface area (Å²) in [4.78, 5) is 1.22. The summed E-state index contributed by atoms with van der Waals surface area (Å²) >= 11 is 1.67. The normalized spacial score (nSPS) is 11.1. The Bertz CT molecular complexity index is 780. The van der Waals surface area contributed by atoms with E-state index in [2.05, 4.69) is 40.5 Å². The highest BCUT2D eigenvalue weighted by molar-refractivity contribution is 7.98. The van der Waals surface area contributed by atoms with Crippen LogP contribution in [0.2, 0.25) is 0 Å². The number of phenolic OH excluding ortho intramolecular Hbond substituents is 1. The van der Waals surface area contributed by atoms with Gasteiger partial charge in [-0.05, 0) is 55.7 Å². The summed E-state index contributed by atoms with van der Waals surface area (Å²) in [7, 11) is 1.96. The summed E-state index contributed by atoms with van der Waals surface area (Å²) in [6.45, 7) is 2.95. The molecule has 2 aromatic carbocycles. The number of phenols is 1. The monoisotopic (exact) mass is 298 g/mol. The van der Waals surface area contributed by atoms with Crippen molar-refractivity contribution < 1.29 is 5.11 Å². The second-order valence-corrected chi connectivity index (χ2v) is 6.13. The molecule has 3 nitrogen and oxygen atoms in total. The minimum Gasteiger partial charge on any atom is -0.508 e. The molecule has 0 aliphatic rings. The summed E-state index contributed by atoms with van der Waals surface area (Å²) < 4.78 is 2.10. The Labute approximate surface area is 128 Å². The second-order valence-electron chi connectivity index (χ2n) is 5.12. The second kappa shape index (κ2) is 5.84. The zero-order chi connectivity index (χ0) is 14.8. The number of hydrogen-bond acceptors (Lipinski definition) is 3. The van der Waals surface area contributed by atoms with Crippen LogP contribution in [0.25, 0.3) is 10.9 Å². The molecule has 0 aliphatic heterocycles. The standard InChI is InChI=1S/C17H18N2OS/c1-12-3-6-17(14(9-12)11-18-2)21-19-8-7-13-4-5-15(20)10-16(13)19/h3-10,18,20H,11H2,1-2H3. The lowest BCUT2D eigenvalue weighted by atomic mass is 10.1. The molecule has 1 aromatic heterocycles. The van der Waals surface area contributed by atoms with E-state index in [9.17, 15) is 5.11 Å². The van der Waals surface area contributed by atoms with Crippen LogP contribution in [-0.2, 0) is 6.54 Å². The average molecular weight is 298 g/mol. The molecular weight excluding hydrogens is 280 g/mol. The molecule has 0 aliphatic carbocycles. The van der Waals surface area contributed by atoms with E-state index in [1.54, 1.807) is 24.1 Å². The molecule has 0 saturated heterocycles. The van der Waals surface area contributed by atoms with Crippen LogP contribution < -0.4 is 5.32 Å². The van der Waals surface area contributed by atoms with Crippen LogP contribution in [0.5, 0.6) is 5.75 Å². The summed E-state index contributed by atoms with van der Waals surface area (Å²) in [5.41, 5.74) is 3.57. The predicted octanol–water partition coefficient (Wildman–Crippen LogP) is 3.93. The highest BCUT2D eigenvalue weighted by Gasteiger charge is 2.07. The molecule has 0 bridgehead atoms. The quantitative estimate of drug-likeness (QED) is 0.766. The van der Waals surface area contributed by atoms with Crippen molar-refractivity contribution in [3.05, 3.63) is 59.8 Å². The summed E-state index contributed by atoms with van der Waals surface area (Å²) in [6.07, 6.45) is 2.04. The third kappa shape index (κ3) is 2.91. The van der Waals surface area contributed by atoms with Crippen molar-refractivity contribution in [3.63, 3.8) is 0 Å². The molecule has 2 N–H and O–H groups in total. The lowest BCUT2D eigenvalue weighted by molar-refractivity contribution is 0.476. The van der Waals surface area contributed by atoms with Crippen molar-refractivity contribution in [2.24, 2.45) is 0 Å². The van der Waals surface area contributed by atoms with Gasteiger partial charge in [-0.25, -0.2) is 0 Å². The number of hydrogen-bond donors (Lipinski definition) is 2. The van der Waals surface area contributed by atoms with Gasteiger partial charge in [0, 0.05) is 29.1 Å². The van der Waals surface area contributed by atoms with Crippen molar-refractivity contribution in [1.29, 1.82) is 0 Å². The van der Waals surface area contributed by atoms with Crippen LogP contribution in [0.15, 0.2) is 53.6 Å². The average Bonchev–Trinajstić information content (AvgIpc) is 2.84. The van der Waals surface area contributed by atoms with Crippen molar-refractivity contribution >= 4 is 22.9 Å². The number of aryl methyl sites for hydroxylation is 1. The maximum absolute atomic E-state index is 9.68. The summed E-state index contributed by atoms with van der Waals surface area (Å²) in [5.74, 6) is 0.294. The molecule has 0 spiro atoms. The van der Waals surface area contributed by atoms with Gasteiger partial charge < -0.3 is 10.4 Å². The van der Waals surface area contributed by atoms with E-state index < -0.39 is 0 Å². The molecule has 3 aromatic rings. The molecule has 0 fully saturated rings. The van der Waals surface area contributed by atoms with Gasteiger partial charge in [0.1, 0.15) is 5.75 Å². The molecule has 1 heterocycles. The molecule has 0 atom stereocenters. The van der Waals surface area contributed by atoms with Crippen LogP contribution in [0, 0.1) is 6.92 Å². The van der Waals surface area contributed by atoms with Crippen molar-refractivity contribution in [2.45, 2.75) is 18.4 Å². The first-order valence-corrected chi connectivity index (χ1v) is 7.67. The van der Waals surface area contributed by atoms with Crippen molar-refractivity contribution in [2.75, 3.05) is 7.05 Å². The van der Waals surface area contributed by atoms with Gasteiger partial charge in [0.05, 0.1) is 5.52 Å². The van der Waals surface area contributed by atoms with Gasteiger partial charge in [-0.2, -0.15) is 0 Å². The fourth-order valence-electron chi connectivity index (χ4n) is 2.40. The van der Waals surface area contributed by atoms with Gasteiger partial charge in [-0.1, -0.05) is 17.7 Å². The molecule has 0 radical (unpaired) electrons. The largest absolute Gasteiger partial charge is 0.508 e. The molecule has 108 valence electrons. The van der Waals surface area contributed by atoms with Crippen LogP contribution in [0.3, 0.4) is 0 Å². The van der Waals surface area contributed by atoms with Crippen LogP contribution in [0.1, 0.15) is 11.1 Å². The van der Waals surface area contributed by atoms with E-state index in [0.29, 0.717) is 5.75 Å². The van der Waals surface area contributed by atoms with E-state index in [0.717, 1.165) is 17.4 Å². The Morgan fingerprint density at radius 3 is 2.81 bits per heavy atom. The highest BCUT2D eigenvalue weighted by Crippen LogP contribution is 2.31. The van der Waals surface area contributed by atoms with E-state index in [-0.39, 0.29) is 0 Å². The van der Waals surface area contributed by atoms with Gasteiger partial charge in [0.25, 0.3) is 0 Å². The number of rotatable bonds is 4. The Morgan fingerprint density at radius 1 is 1.14 bits per heavy atom. The summed E-state index contributed by atoms with van der Waals surface area (Å²) in [6, 6.07) is 14.0. The number of nitrogens with one attached hydrogen (secondary N) is 1. The van der Waals surface area contributed by atoms with E-state index in [1.807, 2.05) is 19.3 Å². The van der Waals surface area contributed by atoms with Crippen molar-refractivity contribution in [1.82, 2.24) is 9.29 Å². The number of fused-ring (bicyclic) bond motifs is 1. The Hall–Kier alpha value is -1.91. The molecule has 0 amide bonds. The van der Waals surface area contributed by atoms with Crippen LogP contribution in [-0.4, -0.2) is 16.1 Å². The zero-order valence-electron chi connectivity index (χ0n) is 12.1. The van der Waals surface area contributed by atoms with Gasteiger partial charge in [0.2, 0.25) is 0 Å². The summed E-state index contributed by atoms with van der Waals surface area (Å²) in [5, 5.41) is 14.0. The Balaban J connectivity index is 2.00. The molecule has 3 rings (SSSR count). The van der Waals surface area contributed by atoms with Crippen LogP contribution in [0.4, 0.5) is 0 Å². The molecule has 0 saturated carbocycles. The maximum Gasteiger partial charge on any atom is 0.117 e. The van der Waals surface area contributed by atoms with Crippen molar-refractivity contribution in [3.8, 4) is 5.75 Å². The minimum absolute atomic E-state index is 0.294. The van der Waals surface area contributed by atoms with Gasteiger partial charge in [-0.3, -0.25) is 3.97 Å². The minimum atomic E-state index is 0.294. The van der Waals surface area contributed by atoms with Gasteiger partial charge in [0.15, 0.2) is 0 Å². The fraction of sp³-hybridized carbons (Fsp3) is 0.176. The first-order valence-electron chi connectivity index (χ1n) is 6.90. The SMILES string of the molecule is CNCc1cc(C)ccc1Sn1ccc2ccc(O)cc21. The number of aromatic nitrogens is 1. The smallest absolute Gasteiger partial charge is 0.117 e. The topological polar surface area (TPSA) is 37.2 Å². The van der Waals surface area contributed by atoms with Gasteiger partial charge >= 0.3 is 0 Å². The van der Waals surface area contributed by atoms with E-state index in [4.69, 9.17) is 0 Å². The molecule has 21 heavy (non-hydrogen) atoms. The predicted molar refractivity (Wildman–Crippen MR) is 88.8 cm³/mol.